The molecule has 0 amide bonds. The molecular formula is C48H38BNO3S. The van der Waals surface area contributed by atoms with E-state index in [1.165, 1.54) is 36.9 Å². The van der Waals surface area contributed by atoms with Crippen molar-refractivity contribution in [1.29, 1.82) is 0 Å². The van der Waals surface area contributed by atoms with E-state index < -0.39 is 18.3 Å². The summed E-state index contributed by atoms with van der Waals surface area (Å²) in [7, 11) is -0.509. The maximum Gasteiger partial charge on any atom is 0.495 e. The molecule has 0 spiro atoms. The average molecular weight is 720 g/mol. The number of benzene rings is 7. The van der Waals surface area contributed by atoms with Crippen LogP contribution in [0, 0.1) is 0 Å². The smallest absolute Gasteiger partial charge is 0.456 e. The van der Waals surface area contributed by atoms with Crippen LogP contribution in [0.5, 0.6) is 0 Å². The summed E-state index contributed by atoms with van der Waals surface area (Å²) >= 11 is 1.85. The topological polar surface area (TPSA) is 34.8 Å². The SMILES string of the molecule is CC1(C)OB(c2cccc3oc4ccc(-c5cc(N(c6ccccc6)c6ccccc6-c6ccccc6)cc6c5sc5ccccc56)cc4c23)OC1(C)C. The van der Waals surface area contributed by atoms with Crippen LogP contribution in [0.2, 0.25) is 0 Å². The predicted molar refractivity (Wildman–Crippen MR) is 228 cm³/mol. The maximum atomic E-state index is 6.58. The van der Waals surface area contributed by atoms with Crippen LogP contribution in [-0.2, 0) is 9.31 Å². The van der Waals surface area contributed by atoms with Crippen LogP contribution in [-0.4, -0.2) is 18.3 Å². The highest BCUT2D eigenvalue weighted by molar-refractivity contribution is 7.26. The van der Waals surface area contributed by atoms with Crippen LogP contribution in [0.1, 0.15) is 27.7 Å². The van der Waals surface area contributed by atoms with E-state index >= 15 is 0 Å². The summed E-state index contributed by atoms with van der Waals surface area (Å²) < 4.78 is 22.2. The first-order valence-electron chi connectivity index (χ1n) is 18.5. The lowest BCUT2D eigenvalue weighted by molar-refractivity contribution is 0.00578. The Labute approximate surface area is 319 Å². The second-order valence-corrected chi connectivity index (χ2v) is 16.2. The van der Waals surface area contributed by atoms with E-state index in [0.717, 1.165) is 50.0 Å². The number of fused-ring (bicyclic) bond motifs is 6. The third-order valence-corrected chi connectivity index (χ3v) is 12.5. The van der Waals surface area contributed by atoms with Crippen molar-refractivity contribution in [2.45, 2.75) is 38.9 Å². The summed E-state index contributed by atoms with van der Waals surface area (Å²) in [5, 5.41) is 4.56. The summed E-state index contributed by atoms with van der Waals surface area (Å²) in [6, 6.07) is 56.3. The normalized spacial score (nSPS) is 15.1. The summed E-state index contributed by atoms with van der Waals surface area (Å²) in [4.78, 5) is 2.40. The van der Waals surface area contributed by atoms with Gasteiger partial charge in [0, 0.05) is 53.4 Å². The Bertz CT molecular complexity index is 2840. The molecule has 1 saturated heterocycles. The zero-order chi connectivity index (χ0) is 36.6. The van der Waals surface area contributed by atoms with E-state index in [4.69, 9.17) is 13.7 Å². The second kappa shape index (κ2) is 12.5. The minimum atomic E-state index is -0.509. The second-order valence-electron chi connectivity index (χ2n) is 15.1. The van der Waals surface area contributed by atoms with E-state index in [0.29, 0.717) is 0 Å². The maximum absolute atomic E-state index is 6.58. The fourth-order valence-corrected chi connectivity index (χ4v) is 9.10. The van der Waals surface area contributed by atoms with Crippen LogP contribution >= 0.6 is 11.3 Å². The lowest BCUT2D eigenvalue weighted by Gasteiger charge is -2.32. The third kappa shape index (κ3) is 5.28. The van der Waals surface area contributed by atoms with Crippen LogP contribution in [0.25, 0.3) is 64.4 Å². The highest BCUT2D eigenvalue weighted by atomic mass is 32.1. The molecule has 0 saturated carbocycles. The molecule has 2 aromatic heterocycles. The van der Waals surface area contributed by atoms with Gasteiger partial charge in [-0.05, 0) is 98.9 Å². The highest BCUT2D eigenvalue weighted by Gasteiger charge is 2.52. The predicted octanol–water partition coefficient (Wildman–Crippen LogP) is 13.1. The molecule has 0 N–H and O–H groups in total. The molecule has 1 fully saturated rings. The Morgan fingerprint density at radius 3 is 2.02 bits per heavy atom. The Morgan fingerprint density at radius 2 is 1.22 bits per heavy atom. The largest absolute Gasteiger partial charge is 0.495 e. The minimum absolute atomic E-state index is 0.457. The lowest BCUT2D eigenvalue weighted by Crippen LogP contribution is -2.41. The van der Waals surface area contributed by atoms with Crippen molar-refractivity contribution in [2.75, 3.05) is 4.90 Å². The molecule has 0 aliphatic carbocycles. The van der Waals surface area contributed by atoms with Gasteiger partial charge >= 0.3 is 7.12 Å². The minimum Gasteiger partial charge on any atom is -0.456 e. The molecule has 0 atom stereocenters. The number of para-hydroxylation sites is 2. The molecule has 6 heteroatoms. The van der Waals surface area contributed by atoms with Crippen molar-refractivity contribution in [3.63, 3.8) is 0 Å². The Morgan fingerprint density at radius 1 is 0.519 bits per heavy atom. The van der Waals surface area contributed by atoms with Gasteiger partial charge in [0.15, 0.2) is 0 Å². The zero-order valence-corrected chi connectivity index (χ0v) is 31.5. The van der Waals surface area contributed by atoms with E-state index in [1.807, 2.05) is 23.5 Å². The standard InChI is InChI=1S/C48H38BNO3S/c1-47(2)48(3,4)53-49(52-47)40-22-15-24-43-45(40)39-28-32(26-27-42(39)51-43)37-29-34(30-38-36-21-12-14-25-44(36)54-46(37)38)50(33-18-9-6-10-19-33)41-23-13-11-20-35(41)31-16-7-5-8-17-31/h5-30H,1-4H3. The van der Waals surface area contributed by atoms with Crippen molar-refractivity contribution in [2.24, 2.45) is 0 Å². The van der Waals surface area contributed by atoms with Gasteiger partial charge in [-0.15, -0.1) is 11.3 Å². The van der Waals surface area contributed by atoms with Gasteiger partial charge in [-0.2, -0.15) is 0 Å². The van der Waals surface area contributed by atoms with Gasteiger partial charge < -0.3 is 18.6 Å². The molecule has 7 aromatic carbocycles. The van der Waals surface area contributed by atoms with E-state index in [1.54, 1.807) is 0 Å². The fraction of sp³-hybridized carbons (Fsp3) is 0.125. The molecule has 10 rings (SSSR count). The van der Waals surface area contributed by atoms with Gasteiger partial charge in [0.1, 0.15) is 11.2 Å². The zero-order valence-electron chi connectivity index (χ0n) is 30.7. The van der Waals surface area contributed by atoms with E-state index in [9.17, 15) is 0 Å². The van der Waals surface area contributed by atoms with Gasteiger partial charge in [-0.3, -0.25) is 0 Å². The van der Waals surface area contributed by atoms with Gasteiger partial charge in [0.2, 0.25) is 0 Å². The molecule has 262 valence electrons. The molecule has 9 aromatic rings. The summed E-state index contributed by atoms with van der Waals surface area (Å²) in [6.07, 6.45) is 0. The van der Waals surface area contributed by atoms with Gasteiger partial charge in [-0.1, -0.05) is 103 Å². The van der Waals surface area contributed by atoms with Crippen LogP contribution in [0.4, 0.5) is 17.1 Å². The molecule has 0 unspecified atom stereocenters. The number of anilines is 3. The van der Waals surface area contributed by atoms with Crippen molar-refractivity contribution >= 4 is 83.1 Å². The first-order chi connectivity index (χ1) is 26.3. The third-order valence-electron chi connectivity index (χ3n) is 11.3. The molecule has 0 radical (unpaired) electrons. The molecule has 3 heterocycles. The lowest BCUT2D eigenvalue weighted by atomic mass is 9.76. The molecule has 54 heavy (non-hydrogen) atoms. The van der Waals surface area contributed by atoms with Crippen LogP contribution < -0.4 is 10.4 Å². The number of nitrogens with zero attached hydrogens (tertiary/aromatic N) is 1. The quantitative estimate of drug-likeness (QED) is 0.160. The van der Waals surface area contributed by atoms with Gasteiger partial charge in [0.25, 0.3) is 0 Å². The average Bonchev–Trinajstić information content (AvgIpc) is 3.83. The van der Waals surface area contributed by atoms with Crippen LogP contribution in [0.15, 0.2) is 162 Å². The van der Waals surface area contributed by atoms with Crippen molar-refractivity contribution in [3.05, 3.63) is 158 Å². The Kier molecular flexibility index (Phi) is 7.60. The first kappa shape index (κ1) is 33.0. The van der Waals surface area contributed by atoms with E-state index in [2.05, 4.69) is 178 Å². The Balaban J connectivity index is 1.22. The number of thiophene rings is 1. The molecule has 0 bridgehead atoms. The highest BCUT2D eigenvalue weighted by Crippen LogP contribution is 2.48. The number of hydrogen-bond donors (Lipinski definition) is 0. The fourth-order valence-electron chi connectivity index (χ4n) is 7.88. The monoisotopic (exact) mass is 719 g/mol. The first-order valence-corrected chi connectivity index (χ1v) is 19.3. The van der Waals surface area contributed by atoms with Crippen molar-refractivity contribution in [1.82, 2.24) is 0 Å². The summed E-state index contributed by atoms with van der Waals surface area (Å²) in [6.45, 7) is 8.38. The molecule has 1 aliphatic rings. The summed E-state index contributed by atoms with van der Waals surface area (Å²) in [5.41, 5.74) is 9.66. The van der Waals surface area contributed by atoms with Crippen LogP contribution in [0.3, 0.4) is 0 Å². The molecule has 1 aliphatic heterocycles. The van der Waals surface area contributed by atoms with E-state index in [-0.39, 0.29) is 0 Å². The number of hydrogen-bond acceptors (Lipinski definition) is 5. The summed E-state index contributed by atoms with van der Waals surface area (Å²) in [5.74, 6) is 0. The van der Waals surface area contributed by atoms with Crippen molar-refractivity contribution in [3.8, 4) is 22.3 Å². The van der Waals surface area contributed by atoms with Gasteiger partial charge in [0.05, 0.1) is 16.9 Å². The van der Waals surface area contributed by atoms with Crippen molar-refractivity contribution < 1.29 is 13.7 Å². The number of rotatable bonds is 6. The molecular weight excluding hydrogens is 681 g/mol. The van der Waals surface area contributed by atoms with Gasteiger partial charge in [-0.25, -0.2) is 0 Å². The molecule has 4 nitrogen and oxygen atoms in total. The Hall–Kier alpha value is -5.66. The number of furan rings is 1.